The van der Waals surface area contributed by atoms with Gasteiger partial charge in [0.05, 0.1) is 38.6 Å². The summed E-state index contributed by atoms with van der Waals surface area (Å²) in [5.41, 5.74) is 0. The SMILES string of the molecule is CC/C=C\C/C=C\C/C=C\C/C=C\C/C=C\C/C=C\C/C=C\C/C=C\CCCCC(=O)NC(COC1OC(CO)C(OC2OC(CO)C(OC3OC(CO)C(O)C(O)C3O)C(O)C2O)C(O)C1O)C(O)/C=C/CC/C=C/CC/C=C/CCCCCCCCCCCCCCCC. The van der Waals surface area contributed by atoms with Gasteiger partial charge in [0.2, 0.25) is 5.91 Å². The first-order valence-corrected chi connectivity index (χ1v) is 36.4. The number of carbonyl (C=O) groups is 1. The molecule has 548 valence electrons. The standard InChI is InChI=1S/C77H127NO18/c1-3-5-7-9-11-13-15-17-19-21-23-25-27-29-30-31-33-35-37-39-41-43-45-47-49-51-53-55-65(83)78-60(61(82)54-52-50-48-46-44-42-40-38-36-34-32-28-26-24-22-20-18-16-14-12-10-8-6-4-2)59-91-75-71(89)68(86)73(63(57-80)93-75)96-77-72(90)69(87)74(64(58-81)94-77)95-76-70(88)67(85)66(84)62(56-79)92-76/h5,7,11,13,17,19,23,25,29-30,33,35-36,38-39,41,44-47,52,54,60-64,66-77,79-82,84-90H,3-4,6,8-10,12,14-16,18,20-22,24,26-28,31-32,34,37,40,42-43,48-51,53,55-59H2,1-2H3,(H,78,83)/b7-5-,13-11-,19-17-,25-23-,30-29-,35-33-,38-36+,41-39-,46-44+,47-45-,54-52+. The molecule has 96 heavy (non-hydrogen) atoms. The summed E-state index contributed by atoms with van der Waals surface area (Å²) in [5, 5.41) is 121. The third-order valence-electron chi connectivity index (χ3n) is 17.2. The van der Waals surface area contributed by atoms with Crippen LogP contribution in [0.25, 0.3) is 0 Å². The van der Waals surface area contributed by atoms with E-state index in [2.05, 4.69) is 141 Å². The van der Waals surface area contributed by atoms with Gasteiger partial charge in [0, 0.05) is 6.42 Å². The van der Waals surface area contributed by atoms with Gasteiger partial charge in [-0.15, -0.1) is 0 Å². The van der Waals surface area contributed by atoms with Crippen LogP contribution < -0.4 is 5.32 Å². The Kier molecular flexibility index (Phi) is 50.8. The maximum Gasteiger partial charge on any atom is 0.220 e. The predicted octanol–water partition coefficient (Wildman–Crippen LogP) is 10.5. The lowest BCUT2D eigenvalue weighted by Crippen LogP contribution is -2.66. The second kappa shape index (κ2) is 56.7. The highest BCUT2D eigenvalue weighted by atomic mass is 16.8. The van der Waals surface area contributed by atoms with E-state index < -0.39 is 131 Å². The number of unbranched alkanes of at least 4 members (excludes halogenated alkanes) is 18. The summed E-state index contributed by atoms with van der Waals surface area (Å²) in [7, 11) is 0. The average Bonchev–Trinajstić information content (AvgIpc) is 1.09. The number of aliphatic hydroxyl groups is 11. The van der Waals surface area contributed by atoms with Gasteiger partial charge in [-0.25, -0.2) is 0 Å². The lowest BCUT2D eigenvalue weighted by molar-refractivity contribution is -0.379. The molecule has 12 N–H and O–H groups in total. The Morgan fingerprint density at radius 2 is 0.729 bits per heavy atom. The largest absolute Gasteiger partial charge is 0.394 e. The van der Waals surface area contributed by atoms with Crippen LogP contribution >= 0.6 is 0 Å². The normalized spacial score (nSPS) is 27.9. The highest BCUT2D eigenvalue weighted by Gasteiger charge is 2.53. The van der Waals surface area contributed by atoms with Crippen molar-refractivity contribution in [2.75, 3.05) is 26.4 Å². The number of hydrogen-bond donors (Lipinski definition) is 12. The molecule has 0 spiro atoms. The van der Waals surface area contributed by atoms with Crippen LogP contribution in [0, 0.1) is 0 Å². The van der Waals surface area contributed by atoms with E-state index in [1.54, 1.807) is 6.08 Å². The molecule has 0 aromatic carbocycles. The monoisotopic (exact) mass is 1350 g/mol. The first-order valence-electron chi connectivity index (χ1n) is 36.4. The van der Waals surface area contributed by atoms with Crippen molar-refractivity contribution in [3.63, 3.8) is 0 Å². The summed E-state index contributed by atoms with van der Waals surface area (Å²) >= 11 is 0. The zero-order valence-corrected chi connectivity index (χ0v) is 58.0. The minimum Gasteiger partial charge on any atom is -0.394 e. The maximum absolute atomic E-state index is 13.4. The number of rotatable bonds is 54. The molecule has 3 saturated heterocycles. The van der Waals surface area contributed by atoms with E-state index in [0.717, 1.165) is 89.9 Å². The molecular formula is C77H127NO18. The maximum atomic E-state index is 13.4. The molecule has 17 atom stereocenters. The zero-order chi connectivity index (χ0) is 69.6. The van der Waals surface area contributed by atoms with E-state index in [0.29, 0.717) is 12.8 Å². The van der Waals surface area contributed by atoms with Crippen LogP contribution in [-0.4, -0.2) is 193 Å². The quantitative estimate of drug-likeness (QED) is 0.0199. The number of amides is 1. The van der Waals surface area contributed by atoms with E-state index in [-0.39, 0.29) is 12.3 Å². The summed E-state index contributed by atoms with van der Waals surface area (Å²) in [4.78, 5) is 13.4. The fourth-order valence-electron chi connectivity index (χ4n) is 11.3. The van der Waals surface area contributed by atoms with Crippen LogP contribution in [0.15, 0.2) is 134 Å². The minimum absolute atomic E-state index is 0.167. The molecule has 0 aliphatic carbocycles. The van der Waals surface area contributed by atoms with Gasteiger partial charge in [0.15, 0.2) is 18.9 Å². The number of ether oxygens (including phenoxy) is 6. The number of allylic oxidation sites excluding steroid dienone is 21. The van der Waals surface area contributed by atoms with E-state index >= 15 is 0 Å². The number of hydrogen-bond acceptors (Lipinski definition) is 18. The van der Waals surface area contributed by atoms with Gasteiger partial charge in [-0.05, 0) is 109 Å². The molecular weight excluding hydrogens is 1230 g/mol. The smallest absolute Gasteiger partial charge is 0.220 e. The fourth-order valence-corrected chi connectivity index (χ4v) is 11.3. The molecule has 3 rings (SSSR count). The second-order valence-corrected chi connectivity index (χ2v) is 25.3. The molecule has 17 unspecified atom stereocenters. The molecule has 19 nitrogen and oxygen atoms in total. The van der Waals surface area contributed by atoms with Crippen molar-refractivity contribution >= 4 is 5.91 Å². The molecule has 3 aliphatic rings. The van der Waals surface area contributed by atoms with Crippen LogP contribution in [0.4, 0.5) is 0 Å². The highest BCUT2D eigenvalue weighted by molar-refractivity contribution is 5.76. The van der Waals surface area contributed by atoms with Gasteiger partial charge in [0.1, 0.15) is 73.2 Å². The number of aliphatic hydroxyl groups excluding tert-OH is 11. The molecule has 0 saturated carbocycles. The van der Waals surface area contributed by atoms with Crippen molar-refractivity contribution in [1.29, 1.82) is 0 Å². The molecule has 0 aromatic rings. The Balaban J connectivity index is 1.47. The van der Waals surface area contributed by atoms with Gasteiger partial charge < -0.3 is 89.9 Å². The van der Waals surface area contributed by atoms with Gasteiger partial charge in [0.25, 0.3) is 0 Å². The molecule has 0 aromatic heterocycles. The summed E-state index contributed by atoms with van der Waals surface area (Å²) in [6.07, 6.45) is 52.8. The third kappa shape index (κ3) is 37.4. The predicted molar refractivity (Wildman–Crippen MR) is 378 cm³/mol. The topological polar surface area (TPSA) is 307 Å². The lowest BCUT2D eigenvalue weighted by atomic mass is 9.96. The minimum atomic E-state index is -1.99. The second-order valence-electron chi connectivity index (χ2n) is 25.3. The Hall–Kier alpha value is -4.07. The van der Waals surface area contributed by atoms with Gasteiger partial charge >= 0.3 is 0 Å². The summed E-state index contributed by atoms with van der Waals surface area (Å²) < 4.78 is 34.3. The fraction of sp³-hybridized carbons (Fsp3) is 0.701. The van der Waals surface area contributed by atoms with Gasteiger partial charge in [-0.3, -0.25) is 4.79 Å². The van der Waals surface area contributed by atoms with Crippen LogP contribution in [0.5, 0.6) is 0 Å². The summed E-state index contributed by atoms with van der Waals surface area (Å²) in [6, 6.07) is -1.03. The molecule has 0 bridgehead atoms. The first kappa shape index (κ1) is 86.2. The van der Waals surface area contributed by atoms with Crippen molar-refractivity contribution in [1.82, 2.24) is 5.32 Å². The first-order chi connectivity index (χ1) is 46.8. The average molecular weight is 1350 g/mol. The number of nitrogens with one attached hydrogen (secondary N) is 1. The summed E-state index contributed by atoms with van der Waals surface area (Å²) in [6.45, 7) is 1.55. The Morgan fingerprint density at radius 3 is 1.17 bits per heavy atom. The van der Waals surface area contributed by atoms with Crippen LogP contribution in [-0.2, 0) is 33.2 Å². The van der Waals surface area contributed by atoms with E-state index in [4.69, 9.17) is 28.4 Å². The van der Waals surface area contributed by atoms with Gasteiger partial charge in [-0.1, -0.05) is 231 Å². The van der Waals surface area contributed by atoms with E-state index in [9.17, 15) is 61.0 Å². The summed E-state index contributed by atoms with van der Waals surface area (Å²) in [5.74, 6) is -0.337. The molecule has 3 aliphatic heterocycles. The highest BCUT2D eigenvalue weighted by Crippen LogP contribution is 2.33. The molecule has 3 fully saturated rings. The van der Waals surface area contributed by atoms with Crippen LogP contribution in [0.3, 0.4) is 0 Å². The van der Waals surface area contributed by atoms with E-state index in [1.807, 2.05) is 6.08 Å². The molecule has 1 amide bonds. The Labute approximate surface area is 575 Å². The van der Waals surface area contributed by atoms with Crippen LogP contribution in [0.1, 0.15) is 213 Å². The van der Waals surface area contributed by atoms with Crippen molar-refractivity contribution in [3.8, 4) is 0 Å². The molecule has 0 radical (unpaired) electrons. The Morgan fingerprint density at radius 1 is 0.385 bits per heavy atom. The van der Waals surface area contributed by atoms with Crippen molar-refractivity contribution in [2.24, 2.45) is 0 Å². The molecule has 19 heteroatoms. The van der Waals surface area contributed by atoms with Crippen molar-refractivity contribution in [3.05, 3.63) is 134 Å². The zero-order valence-electron chi connectivity index (χ0n) is 58.0. The Bertz CT molecular complexity index is 2260. The molecule has 3 heterocycles. The lowest BCUT2D eigenvalue weighted by Gasteiger charge is -2.48. The van der Waals surface area contributed by atoms with Crippen molar-refractivity contribution in [2.45, 2.75) is 317 Å². The van der Waals surface area contributed by atoms with E-state index in [1.165, 1.54) is 89.9 Å². The van der Waals surface area contributed by atoms with Gasteiger partial charge in [-0.2, -0.15) is 0 Å². The van der Waals surface area contributed by atoms with Crippen LogP contribution in [0.2, 0.25) is 0 Å². The van der Waals surface area contributed by atoms with Crippen molar-refractivity contribution < 1.29 is 89.4 Å². The number of carbonyl (C=O) groups excluding carboxylic acids is 1. The third-order valence-corrected chi connectivity index (χ3v) is 17.2.